The van der Waals surface area contributed by atoms with Crippen LogP contribution in [0.2, 0.25) is 0 Å². The van der Waals surface area contributed by atoms with Crippen molar-refractivity contribution in [1.29, 1.82) is 0 Å². The van der Waals surface area contributed by atoms with Gasteiger partial charge in [-0.3, -0.25) is 19.9 Å². The van der Waals surface area contributed by atoms with Crippen molar-refractivity contribution in [3.05, 3.63) is 108 Å². The number of aromatic nitrogens is 4. The van der Waals surface area contributed by atoms with Crippen LogP contribution in [0.15, 0.2) is 85.2 Å². The van der Waals surface area contributed by atoms with Gasteiger partial charge in [-0.1, -0.05) is 36.4 Å². The van der Waals surface area contributed by atoms with Gasteiger partial charge < -0.3 is 0 Å². The molecule has 0 saturated heterocycles. The normalized spacial score (nSPS) is 11.3. The summed E-state index contributed by atoms with van der Waals surface area (Å²) in [5, 5.41) is 2.22. The van der Waals surface area contributed by atoms with Crippen molar-refractivity contribution in [1.82, 2.24) is 24.8 Å². The van der Waals surface area contributed by atoms with Crippen molar-refractivity contribution < 1.29 is 74.8 Å². The maximum Gasteiger partial charge on any atom is 2.00 e. The fraction of sp³-hybridized carbons (Fsp3) is 0.154. The zero-order chi connectivity index (χ0) is 30.0. The number of fused-ring (bicyclic) bond motifs is 3. The van der Waals surface area contributed by atoms with E-state index in [9.17, 15) is 0 Å². The maximum absolute atomic E-state index is 8.49. The molecular formula is C26H23Cl2CuN5O8. The second-order valence-corrected chi connectivity index (χ2v) is 10.0. The van der Waals surface area contributed by atoms with Crippen LogP contribution in [0.25, 0.3) is 21.8 Å². The zero-order valence-corrected chi connectivity index (χ0v) is 24.2. The predicted octanol–water partition coefficient (Wildman–Crippen LogP) is -4.43. The number of aryl methyl sites for hydroxylation is 1. The van der Waals surface area contributed by atoms with Gasteiger partial charge in [-0.25, -0.2) is 42.3 Å². The smallest absolute Gasteiger partial charge is 0.286 e. The summed E-state index contributed by atoms with van der Waals surface area (Å²) in [6.45, 7) is 4.17. The number of nitrogens with zero attached hydrogens (tertiary/aromatic N) is 5. The van der Waals surface area contributed by atoms with Gasteiger partial charge in [0.15, 0.2) is 0 Å². The SMILES string of the molecule is Cc1ccc2ccc3ccc(CN(Cc4ccccn4)Cc4ccccn4)nc3c2n1.[Cu+2].[O-][Cl+3]([O-])([O-])[O-].[O-][Cl+3]([O-])([O-])[O-]. The number of hydrogen-bond acceptors (Lipinski definition) is 13. The number of halogens is 2. The summed E-state index contributed by atoms with van der Waals surface area (Å²) in [5.74, 6) is 0. The van der Waals surface area contributed by atoms with Gasteiger partial charge in [0.1, 0.15) is 0 Å². The van der Waals surface area contributed by atoms with Gasteiger partial charge in [-0.05, 0) is 43.3 Å². The van der Waals surface area contributed by atoms with Gasteiger partial charge in [0, 0.05) is 48.5 Å². The average Bonchev–Trinajstić information content (AvgIpc) is 2.88. The Labute approximate surface area is 255 Å². The first-order chi connectivity index (χ1) is 19.2. The molecule has 0 saturated carbocycles. The zero-order valence-electron chi connectivity index (χ0n) is 21.8. The molecule has 0 unspecified atom stereocenters. The molecule has 1 radical (unpaired) electrons. The average molecular weight is 668 g/mol. The molecule has 0 aliphatic rings. The first-order valence-electron chi connectivity index (χ1n) is 11.7. The Morgan fingerprint density at radius 3 is 1.40 bits per heavy atom. The largest absolute Gasteiger partial charge is 2.00 e. The summed E-state index contributed by atoms with van der Waals surface area (Å²) in [6.07, 6.45) is 3.67. The van der Waals surface area contributed by atoms with E-state index in [-0.39, 0.29) is 17.1 Å². The molecular weight excluding hydrogens is 645 g/mol. The Morgan fingerprint density at radius 2 is 0.952 bits per heavy atom. The molecule has 0 fully saturated rings. The Balaban J connectivity index is 0.000000487. The van der Waals surface area contributed by atoms with E-state index in [1.807, 2.05) is 49.6 Å². The van der Waals surface area contributed by atoms with Crippen molar-refractivity contribution >= 4 is 21.8 Å². The molecule has 1 aromatic carbocycles. The van der Waals surface area contributed by atoms with Crippen LogP contribution in [0, 0.1) is 27.4 Å². The molecule has 0 atom stereocenters. The van der Waals surface area contributed by atoms with Gasteiger partial charge in [0.05, 0.1) is 28.1 Å². The number of benzene rings is 1. The van der Waals surface area contributed by atoms with Crippen molar-refractivity contribution in [2.45, 2.75) is 26.6 Å². The van der Waals surface area contributed by atoms with Gasteiger partial charge in [-0.2, -0.15) is 0 Å². The molecule has 4 aromatic heterocycles. The molecule has 0 spiro atoms. The minimum atomic E-state index is -4.94. The summed E-state index contributed by atoms with van der Waals surface area (Å²) in [4.78, 5) is 21.1. The van der Waals surface area contributed by atoms with Crippen molar-refractivity contribution in [3.63, 3.8) is 0 Å². The molecule has 4 heterocycles. The van der Waals surface area contributed by atoms with Crippen LogP contribution in [-0.4, -0.2) is 24.8 Å². The summed E-state index contributed by atoms with van der Waals surface area (Å²) in [6, 6.07) is 24.7. The van der Waals surface area contributed by atoms with Crippen LogP contribution in [-0.2, 0) is 36.7 Å². The van der Waals surface area contributed by atoms with E-state index in [0.29, 0.717) is 6.54 Å². The van der Waals surface area contributed by atoms with Crippen molar-refractivity contribution in [2.24, 2.45) is 0 Å². The van der Waals surface area contributed by atoms with Crippen molar-refractivity contribution in [3.8, 4) is 0 Å². The first kappa shape index (κ1) is 35.3. The topological polar surface area (TPSA) is 239 Å². The molecule has 13 nitrogen and oxygen atoms in total. The molecule has 0 amide bonds. The van der Waals surface area contributed by atoms with E-state index in [1.165, 1.54) is 0 Å². The Bertz CT molecular complexity index is 1480. The molecule has 0 aliphatic heterocycles. The van der Waals surface area contributed by atoms with Gasteiger partial charge in [0.2, 0.25) is 0 Å². The van der Waals surface area contributed by atoms with Crippen LogP contribution < -0.4 is 37.3 Å². The van der Waals surface area contributed by atoms with Gasteiger partial charge in [0.25, 0.3) is 0 Å². The van der Waals surface area contributed by atoms with Crippen LogP contribution in [0.1, 0.15) is 22.8 Å². The molecule has 0 bridgehead atoms. The Kier molecular flexibility index (Phi) is 13.5. The predicted molar refractivity (Wildman–Crippen MR) is 123 cm³/mol. The minimum absolute atomic E-state index is 0. The van der Waals surface area contributed by atoms with Crippen LogP contribution >= 0.6 is 0 Å². The quantitative estimate of drug-likeness (QED) is 0.123. The fourth-order valence-corrected chi connectivity index (χ4v) is 3.83. The molecule has 0 aliphatic carbocycles. The second-order valence-electron chi connectivity index (χ2n) is 8.51. The van der Waals surface area contributed by atoms with Crippen LogP contribution in [0.5, 0.6) is 0 Å². The second kappa shape index (κ2) is 16.1. The monoisotopic (exact) mass is 666 g/mol. The van der Waals surface area contributed by atoms with E-state index in [1.54, 1.807) is 0 Å². The summed E-state index contributed by atoms with van der Waals surface area (Å²) < 4.78 is 67.9. The van der Waals surface area contributed by atoms with E-state index < -0.39 is 20.5 Å². The van der Waals surface area contributed by atoms with E-state index in [4.69, 9.17) is 47.2 Å². The molecule has 42 heavy (non-hydrogen) atoms. The molecule has 16 heteroatoms. The standard InChI is InChI=1S/C26H23N5.2ClHO4.Cu/c1-19-8-9-20-10-11-21-12-13-24(30-26(21)25(20)29-19)18-31(16-22-6-2-4-14-27-22)17-23-7-3-5-15-28-23;2*2-1(3,4)5;/h2-15H,16-18H2,1H3;2*(H,2,3,4,5);/q;;;+2/p-2. The summed E-state index contributed by atoms with van der Waals surface area (Å²) >= 11 is 0. The third kappa shape index (κ3) is 13.4. The van der Waals surface area contributed by atoms with Crippen LogP contribution in [0.4, 0.5) is 0 Å². The minimum Gasteiger partial charge on any atom is -0.286 e. The Morgan fingerprint density at radius 1 is 0.548 bits per heavy atom. The van der Waals surface area contributed by atoms with Crippen molar-refractivity contribution in [2.75, 3.05) is 0 Å². The molecule has 0 N–H and O–H groups in total. The summed E-state index contributed by atoms with van der Waals surface area (Å²) in [7, 11) is -9.89. The van der Waals surface area contributed by atoms with E-state index in [0.717, 1.165) is 57.7 Å². The van der Waals surface area contributed by atoms with Gasteiger partial charge >= 0.3 is 17.1 Å². The molecule has 5 aromatic rings. The number of rotatable bonds is 6. The molecule has 225 valence electrons. The third-order valence-corrected chi connectivity index (χ3v) is 5.33. The summed E-state index contributed by atoms with van der Waals surface area (Å²) in [5.41, 5.74) is 5.98. The van der Waals surface area contributed by atoms with E-state index >= 15 is 0 Å². The fourth-order valence-electron chi connectivity index (χ4n) is 3.83. The third-order valence-electron chi connectivity index (χ3n) is 5.33. The number of hydrogen-bond donors (Lipinski definition) is 0. The Hall–Kier alpha value is -2.92. The van der Waals surface area contributed by atoms with Crippen LogP contribution in [0.3, 0.4) is 0 Å². The number of pyridine rings is 4. The molecule has 5 rings (SSSR count). The maximum atomic E-state index is 8.49. The van der Waals surface area contributed by atoms with Gasteiger partial charge in [-0.15, -0.1) is 20.5 Å². The van der Waals surface area contributed by atoms with E-state index in [2.05, 4.69) is 57.3 Å². The first-order valence-corrected chi connectivity index (χ1v) is 14.1.